The van der Waals surface area contributed by atoms with Crippen LogP contribution in [0.4, 0.5) is 10.5 Å². The Morgan fingerprint density at radius 1 is 1.00 bits per heavy atom. The minimum Gasteiger partial charge on any atom is -0.497 e. The van der Waals surface area contributed by atoms with Crippen molar-refractivity contribution in [2.75, 3.05) is 12.4 Å². The second-order valence-electron chi connectivity index (χ2n) is 8.07. The average Bonchev–Trinajstić information content (AvgIpc) is 3.30. The van der Waals surface area contributed by atoms with Crippen molar-refractivity contribution in [3.8, 4) is 11.4 Å². The van der Waals surface area contributed by atoms with Crippen molar-refractivity contribution >= 4 is 23.5 Å². The molecule has 0 aliphatic carbocycles. The maximum absolute atomic E-state index is 12.5. The number of urea groups is 1. The number of rotatable bonds is 9. The lowest BCUT2D eigenvalue weighted by Crippen LogP contribution is -2.29. The van der Waals surface area contributed by atoms with Crippen LogP contribution in [0, 0.1) is 6.92 Å². The van der Waals surface area contributed by atoms with Gasteiger partial charge in [0.1, 0.15) is 5.75 Å². The maximum atomic E-state index is 12.5. The van der Waals surface area contributed by atoms with Gasteiger partial charge >= 0.3 is 6.03 Å². The number of hydrogen-bond acceptors (Lipinski definition) is 5. The summed E-state index contributed by atoms with van der Waals surface area (Å²) in [6, 6.07) is 23.7. The van der Waals surface area contributed by atoms with Crippen LogP contribution in [0.25, 0.3) is 5.69 Å². The SMILES string of the molecule is CCc1ccc(NC(=O)NCc2nnc(SCc3cccc(OC)c3)n2-c2ccc(C)cc2)cc1. The Labute approximate surface area is 209 Å². The molecule has 1 heterocycles. The number of carbonyl (C=O) groups excluding carboxylic acids is 1. The van der Waals surface area contributed by atoms with Gasteiger partial charge in [0.15, 0.2) is 11.0 Å². The minimum atomic E-state index is -0.293. The van der Waals surface area contributed by atoms with Crippen LogP contribution >= 0.6 is 11.8 Å². The van der Waals surface area contributed by atoms with Gasteiger partial charge in [0.25, 0.3) is 0 Å². The van der Waals surface area contributed by atoms with E-state index in [0.717, 1.165) is 34.3 Å². The van der Waals surface area contributed by atoms with E-state index in [1.54, 1.807) is 18.9 Å². The number of aryl methyl sites for hydroxylation is 2. The smallest absolute Gasteiger partial charge is 0.319 e. The zero-order valence-electron chi connectivity index (χ0n) is 20.1. The predicted molar refractivity (Wildman–Crippen MR) is 140 cm³/mol. The lowest BCUT2D eigenvalue weighted by molar-refractivity contribution is 0.251. The van der Waals surface area contributed by atoms with Gasteiger partial charge in [-0.2, -0.15) is 0 Å². The minimum absolute atomic E-state index is 0.236. The highest BCUT2D eigenvalue weighted by Crippen LogP contribution is 2.27. The highest BCUT2D eigenvalue weighted by atomic mass is 32.2. The summed E-state index contributed by atoms with van der Waals surface area (Å²) in [4.78, 5) is 12.5. The van der Waals surface area contributed by atoms with Crippen molar-refractivity contribution in [2.45, 2.75) is 37.7 Å². The predicted octanol–water partition coefficient (Wildman–Crippen LogP) is 5.76. The summed E-state index contributed by atoms with van der Waals surface area (Å²) in [6.45, 7) is 4.39. The van der Waals surface area contributed by atoms with E-state index in [9.17, 15) is 4.79 Å². The lowest BCUT2D eigenvalue weighted by atomic mass is 10.1. The molecule has 0 fully saturated rings. The van der Waals surface area contributed by atoms with E-state index >= 15 is 0 Å². The van der Waals surface area contributed by atoms with Crippen LogP contribution in [-0.2, 0) is 18.7 Å². The Morgan fingerprint density at radius 3 is 2.49 bits per heavy atom. The Hall–Kier alpha value is -3.78. The molecule has 0 spiro atoms. The first-order valence-electron chi connectivity index (χ1n) is 11.5. The molecule has 8 heteroatoms. The molecule has 4 aromatic rings. The third-order valence-corrected chi connectivity index (χ3v) is 6.52. The molecule has 0 saturated carbocycles. The molecule has 35 heavy (non-hydrogen) atoms. The molecule has 0 atom stereocenters. The van der Waals surface area contributed by atoms with Gasteiger partial charge in [0.2, 0.25) is 0 Å². The molecule has 2 N–H and O–H groups in total. The monoisotopic (exact) mass is 487 g/mol. The molecular formula is C27H29N5O2S. The third kappa shape index (κ3) is 6.42. The number of benzene rings is 3. The molecule has 0 unspecified atom stereocenters. The summed E-state index contributed by atoms with van der Waals surface area (Å²) < 4.78 is 7.32. The molecule has 180 valence electrons. The molecule has 4 rings (SSSR count). The van der Waals surface area contributed by atoms with E-state index in [1.807, 2.05) is 66.1 Å². The van der Waals surface area contributed by atoms with Crippen LogP contribution in [0.1, 0.15) is 29.4 Å². The Balaban J connectivity index is 1.49. The van der Waals surface area contributed by atoms with Crippen LogP contribution in [0.3, 0.4) is 0 Å². The van der Waals surface area contributed by atoms with Crippen molar-refractivity contribution < 1.29 is 9.53 Å². The van der Waals surface area contributed by atoms with Gasteiger partial charge in [0.05, 0.1) is 13.7 Å². The van der Waals surface area contributed by atoms with E-state index in [2.05, 4.69) is 46.0 Å². The second kappa shape index (κ2) is 11.6. The number of carbonyl (C=O) groups is 1. The first-order valence-corrected chi connectivity index (χ1v) is 12.4. The highest BCUT2D eigenvalue weighted by molar-refractivity contribution is 7.98. The fourth-order valence-electron chi connectivity index (χ4n) is 3.53. The number of anilines is 1. The molecule has 0 aliphatic rings. The van der Waals surface area contributed by atoms with Crippen LogP contribution in [0.15, 0.2) is 78.0 Å². The maximum Gasteiger partial charge on any atom is 0.319 e. The molecule has 0 radical (unpaired) electrons. The van der Waals surface area contributed by atoms with Gasteiger partial charge in [-0.05, 0) is 60.9 Å². The third-order valence-electron chi connectivity index (χ3n) is 5.52. The van der Waals surface area contributed by atoms with E-state index in [0.29, 0.717) is 11.6 Å². The summed E-state index contributed by atoms with van der Waals surface area (Å²) >= 11 is 1.58. The van der Waals surface area contributed by atoms with E-state index in [4.69, 9.17) is 4.74 Å². The topological polar surface area (TPSA) is 81.1 Å². The van der Waals surface area contributed by atoms with Crippen LogP contribution in [-0.4, -0.2) is 27.9 Å². The summed E-state index contributed by atoms with van der Waals surface area (Å²) in [7, 11) is 1.66. The summed E-state index contributed by atoms with van der Waals surface area (Å²) in [5.74, 6) is 2.19. The Kier molecular flexibility index (Phi) is 8.05. The van der Waals surface area contributed by atoms with E-state index in [-0.39, 0.29) is 12.6 Å². The quantitative estimate of drug-likeness (QED) is 0.293. The molecule has 0 aliphatic heterocycles. The number of nitrogens with one attached hydrogen (secondary N) is 2. The first kappa shape index (κ1) is 24.3. The summed E-state index contributed by atoms with van der Waals surface area (Å²) in [5, 5.41) is 15.3. The number of hydrogen-bond donors (Lipinski definition) is 2. The van der Waals surface area contributed by atoms with Crippen LogP contribution < -0.4 is 15.4 Å². The van der Waals surface area contributed by atoms with Gasteiger partial charge in [-0.15, -0.1) is 10.2 Å². The van der Waals surface area contributed by atoms with Crippen molar-refractivity contribution in [1.29, 1.82) is 0 Å². The van der Waals surface area contributed by atoms with E-state index < -0.39 is 0 Å². The molecule has 2 amide bonds. The Bertz CT molecular complexity index is 1270. The summed E-state index contributed by atoms with van der Waals surface area (Å²) in [6.07, 6.45) is 0.958. The van der Waals surface area contributed by atoms with Crippen LogP contribution in [0.2, 0.25) is 0 Å². The number of amides is 2. The zero-order chi connectivity index (χ0) is 24.6. The first-order chi connectivity index (χ1) is 17.1. The van der Waals surface area contributed by atoms with Gasteiger partial charge in [0, 0.05) is 17.1 Å². The fraction of sp³-hybridized carbons (Fsp3) is 0.222. The summed E-state index contributed by atoms with van der Waals surface area (Å²) in [5.41, 5.74) is 5.21. The number of nitrogens with zero attached hydrogens (tertiary/aromatic N) is 3. The lowest BCUT2D eigenvalue weighted by Gasteiger charge is -2.12. The number of ether oxygens (including phenoxy) is 1. The zero-order valence-corrected chi connectivity index (χ0v) is 20.9. The molecule has 0 bridgehead atoms. The highest BCUT2D eigenvalue weighted by Gasteiger charge is 2.16. The second-order valence-corrected chi connectivity index (χ2v) is 9.01. The van der Waals surface area contributed by atoms with Gasteiger partial charge in [-0.25, -0.2) is 4.79 Å². The van der Waals surface area contributed by atoms with Crippen molar-refractivity contribution in [2.24, 2.45) is 0 Å². The average molecular weight is 488 g/mol. The van der Waals surface area contributed by atoms with E-state index in [1.165, 1.54) is 11.1 Å². The van der Waals surface area contributed by atoms with Crippen molar-refractivity contribution in [3.63, 3.8) is 0 Å². The van der Waals surface area contributed by atoms with Crippen LogP contribution in [0.5, 0.6) is 5.75 Å². The number of thioether (sulfide) groups is 1. The molecule has 0 saturated heterocycles. The fourth-order valence-corrected chi connectivity index (χ4v) is 4.44. The molecule has 7 nitrogen and oxygen atoms in total. The van der Waals surface area contributed by atoms with Crippen molar-refractivity contribution in [3.05, 3.63) is 95.3 Å². The standard InChI is InChI=1S/C27H29N5O2S/c1-4-20-10-12-22(13-11-20)29-26(33)28-17-25-30-31-27(32(25)23-14-8-19(2)9-15-23)35-18-21-6-5-7-24(16-21)34-3/h5-16H,4,17-18H2,1-3H3,(H2,28,29,33). The number of aromatic nitrogens is 3. The van der Waals surface area contributed by atoms with Crippen molar-refractivity contribution in [1.82, 2.24) is 20.1 Å². The number of methoxy groups -OCH3 is 1. The molecular weight excluding hydrogens is 458 g/mol. The molecule has 3 aromatic carbocycles. The Morgan fingerprint density at radius 2 is 1.77 bits per heavy atom. The van der Waals surface area contributed by atoms with Gasteiger partial charge in [-0.1, -0.05) is 60.6 Å². The molecule has 1 aromatic heterocycles. The van der Waals surface area contributed by atoms with Gasteiger partial charge in [-0.3, -0.25) is 4.57 Å². The van der Waals surface area contributed by atoms with Gasteiger partial charge < -0.3 is 15.4 Å². The normalized spacial score (nSPS) is 10.7. The largest absolute Gasteiger partial charge is 0.497 e.